The summed E-state index contributed by atoms with van der Waals surface area (Å²) >= 11 is 6.27. The van der Waals surface area contributed by atoms with Gasteiger partial charge in [-0.15, -0.1) is 0 Å². The summed E-state index contributed by atoms with van der Waals surface area (Å²) in [6.45, 7) is 6.32. The Morgan fingerprint density at radius 1 is 1.14 bits per heavy atom. The molecule has 0 aliphatic carbocycles. The summed E-state index contributed by atoms with van der Waals surface area (Å²) in [5, 5.41) is 0.153. The van der Waals surface area contributed by atoms with Crippen LogP contribution in [0.2, 0.25) is 5.02 Å². The zero-order chi connectivity index (χ0) is 20.8. The minimum absolute atomic E-state index is 0.0205. The zero-order valence-corrected chi connectivity index (χ0v) is 18.3. The number of rotatable bonds is 3. The van der Waals surface area contributed by atoms with E-state index in [2.05, 4.69) is 11.5 Å². The molecule has 1 amide bonds. The van der Waals surface area contributed by atoms with Crippen LogP contribution in [0, 0.1) is 5.92 Å². The number of halogens is 1. The zero-order valence-electron chi connectivity index (χ0n) is 16.7. The van der Waals surface area contributed by atoms with Crippen molar-refractivity contribution in [3.05, 3.63) is 52.8 Å². The van der Waals surface area contributed by atoms with E-state index >= 15 is 0 Å². The molecule has 0 N–H and O–H groups in total. The summed E-state index contributed by atoms with van der Waals surface area (Å²) in [5.74, 6) is 0.137. The fourth-order valence-electron chi connectivity index (χ4n) is 4.36. The molecular weight excluding hydrogens is 410 g/mol. The molecule has 1 fully saturated rings. The number of aromatic nitrogens is 1. The lowest BCUT2D eigenvalue weighted by molar-refractivity contribution is 0.0644. The lowest BCUT2D eigenvalue weighted by Gasteiger charge is -2.35. The van der Waals surface area contributed by atoms with Gasteiger partial charge in [-0.3, -0.25) is 4.79 Å². The van der Waals surface area contributed by atoms with Gasteiger partial charge in [0.15, 0.2) is 0 Å². The van der Waals surface area contributed by atoms with Gasteiger partial charge in [0.1, 0.15) is 4.90 Å². The highest BCUT2D eigenvalue weighted by Crippen LogP contribution is 2.31. The molecule has 0 saturated carbocycles. The van der Waals surface area contributed by atoms with E-state index in [1.807, 2.05) is 25.3 Å². The Labute approximate surface area is 177 Å². The Hall–Kier alpha value is -1.83. The maximum atomic E-state index is 13.2. The third-order valence-corrected chi connectivity index (χ3v) is 8.37. The largest absolute Gasteiger partial charge is 0.348 e. The summed E-state index contributed by atoms with van der Waals surface area (Å²) in [4.78, 5) is 15.0. The van der Waals surface area contributed by atoms with Gasteiger partial charge in [0.2, 0.25) is 10.0 Å². The molecule has 4 rings (SSSR count). The van der Waals surface area contributed by atoms with E-state index in [1.165, 1.54) is 16.4 Å². The van der Waals surface area contributed by atoms with Gasteiger partial charge in [0, 0.05) is 43.6 Å². The number of sulfonamides is 1. The number of carbonyl (C=O) groups is 1. The summed E-state index contributed by atoms with van der Waals surface area (Å²) < 4.78 is 30.1. The minimum Gasteiger partial charge on any atom is -0.348 e. The molecule has 1 aromatic heterocycles. The van der Waals surface area contributed by atoms with Crippen LogP contribution in [0.4, 0.5) is 0 Å². The van der Waals surface area contributed by atoms with E-state index < -0.39 is 10.0 Å². The van der Waals surface area contributed by atoms with Crippen molar-refractivity contribution in [3.63, 3.8) is 0 Å². The average molecular weight is 436 g/mol. The molecular formula is C21H26ClN3O3S. The summed E-state index contributed by atoms with van der Waals surface area (Å²) in [6, 6.07) is 8.49. The van der Waals surface area contributed by atoms with Gasteiger partial charge in [-0.1, -0.05) is 18.5 Å². The van der Waals surface area contributed by atoms with Crippen molar-refractivity contribution in [1.82, 2.24) is 13.8 Å². The van der Waals surface area contributed by atoms with Gasteiger partial charge < -0.3 is 9.47 Å². The summed E-state index contributed by atoms with van der Waals surface area (Å²) in [5.41, 5.74) is 1.43. The van der Waals surface area contributed by atoms with Crippen LogP contribution in [0.5, 0.6) is 0 Å². The van der Waals surface area contributed by atoms with Crippen molar-refractivity contribution in [1.29, 1.82) is 0 Å². The molecule has 2 aromatic rings. The first-order valence-electron chi connectivity index (χ1n) is 10.0. The molecule has 29 heavy (non-hydrogen) atoms. The molecule has 0 spiro atoms. The van der Waals surface area contributed by atoms with E-state index in [9.17, 15) is 13.2 Å². The third kappa shape index (κ3) is 3.71. The minimum atomic E-state index is -3.74. The second kappa shape index (κ2) is 7.78. The van der Waals surface area contributed by atoms with Gasteiger partial charge >= 0.3 is 0 Å². The Bertz CT molecular complexity index is 1030. The molecule has 0 bridgehead atoms. The molecule has 6 nitrogen and oxygen atoms in total. The Morgan fingerprint density at radius 2 is 1.93 bits per heavy atom. The number of nitrogens with zero attached hydrogens (tertiary/aromatic N) is 3. The number of benzene rings is 1. The second-order valence-corrected chi connectivity index (χ2v) is 10.4. The van der Waals surface area contributed by atoms with Crippen molar-refractivity contribution in [2.75, 3.05) is 19.6 Å². The molecule has 8 heteroatoms. The van der Waals surface area contributed by atoms with Crippen LogP contribution < -0.4 is 0 Å². The van der Waals surface area contributed by atoms with Gasteiger partial charge in [-0.25, -0.2) is 8.42 Å². The molecule has 0 unspecified atom stereocenters. The Kier molecular flexibility index (Phi) is 5.48. The van der Waals surface area contributed by atoms with E-state index in [0.717, 1.165) is 25.1 Å². The molecule has 3 heterocycles. The normalized spacial score (nSPS) is 23.1. The van der Waals surface area contributed by atoms with Crippen molar-refractivity contribution >= 4 is 27.5 Å². The number of fused-ring (bicyclic) bond motifs is 1. The van der Waals surface area contributed by atoms with Crippen LogP contribution in [-0.4, -0.2) is 47.7 Å². The maximum absolute atomic E-state index is 13.2. The van der Waals surface area contributed by atoms with Gasteiger partial charge in [0.25, 0.3) is 5.91 Å². The number of carbonyl (C=O) groups excluding carboxylic acids is 1. The predicted octanol–water partition coefficient (Wildman–Crippen LogP) is 3.78. The summed E-state index contributed by atoms with van der Waals surface area (Å²) in [6.07, 6.45) is 3.87. The lowest BCUT2D eigenvalue weighted by atomic mass is 10.0. The number of hydrogen-bond donors (Lipinski definition) is 0. The van der Waals surface area contributed by atoms with Crippen LogP contribution in [0.1, 0.15) is 48.8 Å². The summed E-state index contributed by atoms with van der Waals surface area (Å²) in [7, 11) is -3.74. The van der Waals surface area contributed by atoms with Crippen molar-refractivity contribution in [3.8, 4) is 0 Å². The molecule has 1 saturated heterocycles. The highest BCUT2D eigenvalue weighted by Gasteiger charge is 2.33. The van der Waals surface area contributed by atoms with Crippen molar-refractivity contribution < 1.29 is 13.2 Å². The maximum Gasteiger partial charge on any atom is 0.254 e. The topological polar surface area (TPSA) is 62.6 Å². The van der Waals surface area contributed by atoms with Crippen LogP contribution >= 0.6 is 11.6 Å². The van der Waals surface area contributed by atoms with E-state index in [1.54, 1.807) is 11.0 Å². The molecule has 2 aliphatic rings. The van der Waals surface area contributed by atoms with Crippen LogP contribution in [0.15, 0.2) is 41.4 Å². The highest BCUT2D eigenvalue weighted by molar-refractivity contribution is 7.89. The second-order valence-electron chi connectivity index (χ2n) is 8.06. The van der Waals surface area contributed by atoms with E-state index in [-0.39, 0.29) is 21.9 Å². The molecule has 2 aliphatic heterocycles. The smallest absolute Gasteiger partial charge is 0.254 e. The van der Waals surface area contributed by atoms with Crippen LogP contribution in [0.25, 0.3) is 0 Å². The van der Waals surface area contributed by atoms with E-state index in [4.69, 9.17) is 11.6 Å². The SMILES string of the molecule is C[C@@H]1CCCN(S(=O)(=O)c2cc(C(=O)N3CCn4cccc4[C@@H]3C)ccc2Cl)C1. The molecule has 0 radical (unpaired) electrons. The average Bonchev–Trinajstić information content (AvgIpc) is 3.18. The fourth-order valence-corrected chi connectivity index (χ4v) is 6.46. The molecule has 2 atom stereocenters. The quantitative estimate of drug-likeness (QED) is 0.737. The Morgan fingerprint density at radius 3 is 2.69 bits per heavy atom. The number of piperidine rings is 1. The third-order valence-electron chi connectivity index (χ3n) is 6.02. The first-order valence-corrected chi connectivity index (χ1v) is 11.9. The monoisotopic (exact) mass is 435 g/mol. The number of hydrogen-bond acceptors (Lipinski definition) is 3. The van der Waals surface area contributed by atoms with Crippen molar-refractivity contribution in [2.24, 2.45) is 5.92 Å². The standard InChI is InChI=1S/C21H26ClN3O3S/c1-15-5-3-10-24(14-15)29(27,28)20-13-17(7-8-18(20)22)21(26)25-12-11-23-9-4-6-19(23)16(25)2/h4,6-9,13,15-16H,3,5,10-12,14H2,1-2H3/t15-,16+/m1/s1. The first-order chi connectivity index (χ1) is 13.8. The van der Waals surface area contributed by atoms with E-state index in [0.29, 0.717) is 31.1 Å². The fraction of sp³-hybridized carbons (Fsp3) is 0.476. The highest BCUT2D eigenvalue weighted by atomic mass is 35.5. The Balaban J connectivity index is 1.64. The van der Waals surface area contributed by atoms with Gasteiger partial charge in [-0.2, -0.15) is 4.31 Å². The lowest BCUT2D eigenvalue weighted by Crippen LogP contribution is -2.41. The predicted molar refractivity (Wildman–Crippen MR) is 112 cm³/mol. The van der Waals surface area contributed by atoms with Gasteiger partial charge in [-0.05, 0) is 56.0 Å². The van der Waals surface area contributed by atoms with Crippen LogP contribution in [-0.2, 0) is 16.6 Å². The van der Waals surface area contributed by atoms with Crippen molar-refractivity contribution in [2.45, 2.75) is 44.2 Å². The molecule has 1 aromatic carbocycles. The first kappa shape index (κ1) is 20.4. The molecule has 156 valence electrons. The number of amides is 1. The van der Waals surface area contributed by atoms with Crippen LogP contribution in [0.3, 0.4) is 0 Å². The van der Waals surface area contributed by atoms with Gasteiger partial charge in [0.05, 0.1) is 11.1 Å².